The highest BCUT2D eigenvalue weighted by atomic mass is 16.5. The summed E-state index contributed by atoms with van der Waals surface area (Å²) in [5, 5.41) is 29.7. The minimum Gasteiger partial charge on any atom is -0.478 e. The standard InChI is InChI=1S/C29H27N5O5/c1-34(2)25-14-12-24(13-15-25)33-32-23-10-8-20(9-11-23)27(35)31-16-5-17-39-29(38)22(19-30)18-21-6-3-4-7-26(21)28(36)37/h3-4,6-15,18H,5,16-17H2,1-2H3,(H,31,35)(H,36,37)/b22-18+,33-32?. The molecule has 0 unspecified atom stereocenters. The second kappa shape index (κ2) is 13.9. The predicted octanol–water partition coefficient (Wildman–Crippen LogP) is 5.14. The Kier molecular flexibility index (Phi) is 10.0. The Bertz CT molecular complexity index is 1420. The summed E-state index contributed by atoms with van der Waals surface area (Å²) in [5.41, 5.74) is 2.67. The van der Waals surface area contributed by atoms with Crippen LogP contribution in [0.15, 0.2) is 88.6 Å². The van der Waals surface area contributed by atoms with Crippen molar-refractivity contribution in [1.29, 1.82) is 5.26 Å². The quantitative estimate of drug-likeness (QED) is 0.116. The molecule has 0 saturated carbocycles. The van der Waals surface area contributed by atoms with Gasteiger partial charge in [0.25, 0.3) is 5.91 Å². The van der Waals surface area contributed by atoms with Gasteiger partial charge < -0.3 is 20.1 Å². The summed E-state index contributed by atoms with van der Waals surface area (Å²) < 4.78 is 5.10. The molecular weight excluding hydrogens is 498 g/mol. The van der Waals surface area contributed by atoms with E-state index in [1.54, 1.807) is 42.5 Å². The fourth-order valence-corrected chi connectivity index (χ4v) is 3.34. The van der Waals surface area contributed by atoms with Crippen molar-refractivity contribution in [2.45, 2.75) is 6.42 Å². The molecule has 0 saturated heterocycles. The second-order valence-corrected chi connectivity index (χ2v) is 8.47. The van der Waals surface area contributed by atoms with Gasteiger partial charge in [0.2, 0.25) is 0 Å². The summed E-state index contributed by atoms with van der Waals surface area (Å²) in [5.74, 6) is -2.34. The van der Waals surface area contributed by atoms with Crippen LogP contribution in [0.5, 0.6) is 0 Å². The topological polar surface area (TPSA) is 144 Å². The maximum Gasteiger partial charge on any atom is 0.348 e. The number of hydrogen-bond donors (Lipinski definition) is 2. The summed E-state index contributed by atoms with van der Waals surface area (Å²) in [6, 6.07) is 22.0. The maximum atomic E-state index is 12.4. The molecule has 198 valence electrons. The lowest BCUT2D eigenvalue weighted by molar-refractivity contribution is -0.138. The Labute approximate surface area is 225 Å². The monoisotopic (exact) mass is 525 g/mol. The average Bonchev–Trinajstić information content (AvgIpc) is 2.95. The third kappa shape index (κ3) is 8.36. The number of nitrogens with zero attached hydrogens (tertiary/aromatic N) is 4. The molecule has 0 aliphatic heterocycles. The first-order chi connectivity index (χ1) is 18.8. The van der Waals surface area contributed by atoms with Gasteiger partial charge in [-0.3, -0.25) is 4.79 Å². The maximum absolute atomic E-state index is 12.4. The Morgan fingerprint density at radius 2 is 1.59 bits per heavy atom. The lowest BCUT2D eigenvalue weighted by atomic mass is 10.1. The smallest absolute Gasteiger partial charge is 0.348 e. The molecule has 10 heteroatoms. The number of benzene rings is 3. The van der Waals surface area contributed by atoms with Gasteiger partial charge in [-0.15, -0.1) is 0 Å². The molecule has 0 aromatic heterocycles. The van der Waals surface area contributed by atoms with Gasteiger partial charge in [0.15, 0.2) is 0 Å². The van der Waals surface area contributed by atoms with Crippen molar-refractivity contribution in [3.05, 3.63) is 95.1 Å². The number of amides is 1. The van der Waals surface area contributed by atoms with Crippen molar-refractivity contribution < 1.29 is 24.2 Å². The van der Waals surface area contributed by atoms with Crippen molar-refractivity contribution in [2.24, 2.45) is 10.2 Å². The summed E-state index contributed by atoms with van der Waals surface area (Å²) in [6.07, 6.45) is 1.50. The molecule has 0 heterocycles. The third-order valence-corrected chi connectivity index (χ3v) is 5.45. The number of ether oxygens (including phenoxy) is 1. The SMILES string of the molecule is CN(C)c1ccc(N=Nc2ccc(C(=O)NCCCOC(=O)/C(C#N)=C/c3ccccc3C(=O)O)cc2)cc1. The summed E-state index contributed by atoms with van der Waals surface area (Å²) in [7, 11) is 3.92. The fourth-order valence-electron chi connectivity index (χ4n) is 3.34. The van der Waals surface area contributed by atoms with Gasteiger partial charge in [0.05, 0.1) is 23.5 Å². The van der Waals surface area contributed by atoms with Crippen LogP contribution >= 0.6 is 0 Å². The number of aromatic carboxylic acids is 1. The molecule has 3 rings (SSSR count). The Balaban J connectivity index is 1.44. The highest BCUT2D eigenvalue weighted by molar-refractivity contribution is 6.00. The van der Waals surface area contributed by atoms with E-state index in [1.165, 1.54) is 18.2 Å². The molecule has 39 heavy (non-hydrogen) atoms. The van der Waals surface area contributed by atoms with E-state index in [9.17, 15) is 24.8 Å². The first-order valence-corrected chi connectivity index (χ1v) is 12.0. The normalized spacial score (nSPS) is 11.1. The van der Waals surface area contributed by atoms with Gasteiger partial charge in [-0.1, -0.05) is 18.2 Å². The number of azo groups is 1. The Morgan fingerprint density at radius 1 is 0.974 bits per heavy atom. The van der Waals surface area contributed by atoms with Crippen LogP contribution in [0.1, 0.15) is 32.7 Å². The summed E-state index contributed by atoms with van der Waals surface area (Å²) in [6.45, 7) is 0.206. The number of carboxylic acids is 1. The molecule has 0 radical (unpaired) electrons. The third-order valence-electron chi connectivity index (χ3n) is 5.45. The minimum absolute atomic E-state index is 0.0342. The van der Waals surface area contributed by atoms with Crippen LogP contribution in [-0.4, -0.2) is 50.2 Å². The summed E-state index contributed by atoms with van der Waals surface area (Å²) >= 11 is 0. The fraction of sp³-hybridized carbons (Fsp3) is 0.172. The highest BCUT2D eigenvalue weighted by Gasteiger charge is 2.14. The van der Waals surface area contributed by atoms with Gasteiger partial charge in [-0.2, -0.15) is 15.5 Å². The van der Waals surface area contributed by atoms with Crippen molar-refractivity contribution in [3.8, 4) is 6.07 Å². The van der Waals surface area contributed by atoms with Gasteiger partial charge in [0.1, 0.15) is 11.6 Å². The lowest BCUT2D eigenvalue weighted by Crippen LogP contribution is -2.25. The zero-order chi connectivity index (χ0) is 28.2. The molecule has 0 spiro atoms. The van der Waals surface area contributed by atoms with E-state index in [1.807, 2.05) is 43.3 Å². The van der Waals surface area contributed by atoms with Crippen molar-refractivity contribution in [1.82, 2.24) is 5.32 Å². The van der Waals surface area contributed by atoms with Gasteiger partial charge >= 0.3 is 11.9 Å². The zero-order valence-electron chi connectivity index (χ0n) is 21.5. The average molecular weight is 526 g/mol. The van der Waals surface area contributed by atoms with E-state index < -0.39 is 11.9 Å². The van der Waals surface area contributed by atoms with E-state index in [0.717, 1.165) is 5.69 Å². The van der Waals surface area contributed by atoms with E-state index >= 15 is 0 Å². The number of anilines is 1. The molecule has 3 aromatic carbocycles. The zero-order valence-corrected chi connectivity index (χ0v) is 21.5. The number of carboxylic acid groups (broad SMARTS) is 1. The van der Waals surface area contributed by atoms with Crippen molar-refractivity contribution >= 4 is 41.0 Å². The van der Waals surface area contributed by atoms with Crippen LogP contribution in [0.4, 0.5) is 17.1 Å². The number of esters is 1. The van der Waals surface area contributed by atoms with Gasteiger partial charge in [-0.05, 0) is 72.7 Å². The molecule has 0 fully saturated rings. The molecule has 0 bridgehead atoms. The molecule has 2 N–H and O–H groups in total. The van der Waals surface area contributed by atoms with Crippen LogP contribution in [-0.2, 0) is 9.53 Å². The molecular formula is C29H27N5O5. The van der Waals surface area contributed by atoms with Crippen LogP contribution in [0, 0.1) is 11.3 Å². The Morgan fingerprint density at radius 3 is 2.18 bits per heavy atom. The van der Waals surface area contributed by atoms with Gasteiger partial charge in [0, 0.05) is 31.9 Å². The Hall–Kier alpha value is -5.30. The molecule has 0 atom stereocenters. The number of nitriles is 1. The molecule has 3 aromatic rings. The molecule has 0 aliphatic rings. The minimum atomic E-state index is -1.17. The van der Waals surface area contributed by atoms with Crippen LogP contribution < -0.4 is 10.2 Å². The molecule has 1 amide bonds. The van der Waals surface area contributed by atoms with Crippen molar-refractivity contribution in [3.63, 3.8) is 0 Å². The van der Waals surface area contributed by atoms with E-state index in [-0.39, 0.29) is 35.8 Å². The lowest BCUT2D eigenvalue weighted by Gasteiger charge is -2.11. The van der Waals surface area contributed by atoms with Crippen LogP contribution in [0.2, 0.25) is 0 Å². The second-order valence-electron chi connectivity index (χ2n) is 8.47. The van der Waals surface area contributed by atoms with Gasteiger partial charge in [-0.25, -0.2) is 9.59 Å². The predicted molar refractivity (Wildman–Crippen MR) is 146 cm³/mol. The van der Waals surface area contributed by atoms with E-state index in [0.29, 0.717) is 23.4 Å². The number of carbonyl (C=O) groups is 3. The first kappa shape index (κ1) is 28.3. The van der Waals surface area contributed by atoms with Crippen molar-refractivity contribution in [2.75, 3.05) is 32.1 Å². The number of carbonyl (C=O) groups excluding carboxylic acids is 2. The number of rotatable bonds is 11. The molecule has 0 aliphatic carbocycles. The highest BCUT2D eigenvalue weighted by Crippen LogP contribution is 2.21. The van der Waals surface area contributed by atoms with Crippen LogP contribution in [0.25, 0.3) is 6.08 Å². The summed E-state index contributed by atoms with van der Waals surface area (Å²) in [4.78, 5) is 37.9. The van der Waals surface area contributed by atoms with Crippen LogP contribution in [0.3, 0.4) is 0 Å². The number of nitrogens with one attached hydrogen (secondary N) is 1. The number of hydrogen-bond acceptors (Lipinski definition) is 8. The van der Waals surface area contributed by atoms with E-state index in [4.69, 9.17) is 4.74 Å². The largest absolute Gasteiger partial charge is 0.478 e. The first-order valence-electron chi connectivity index (χ1n) is 12.0. The molecule has 10 nitrogen and oxygen atoms in total. The van der Waals surface area contributed by atoms with E-state index in [2.05, 4.69) is 15.5 Å².